The number of thioether (sulfide) groups is 1. The Morgan fingerprint density at radius 2 is 2.36 bits per heavy atom. The molecule has 0 bridgehead atoms. The van der Waals surface area contributed by atoms with Crippen LogP contribution in [0.15, 0.2) is 6.20 Å². The van der Waals surface area contributed by atoms with Crippen molar-refractivity contribution in [1.29, 1.82) is 0 Å². The molecule has 2 aliphatic rings. The number of hydrogen-bond acceptors (Lipinski definition) is 3. The molecule has 0 radical (unpaired) electrons. The maximum Gasteiger partial charge on any atom is 0.315 e. The Hall–Kier alpha value is -1.17. The quantitative estimate of drug-likeness (QED) is 0.875. The van der Waals surface area contributed by atoms with Crippen LogP contribution < -0.4 is 10.6 Å². The van der Waals surface area contributed by atoms with Crippen molar-refractivity contribution in [2.45, 2.75) is 62.8 Å². The summed E-state index contributed by atoms with van der Waals surface area (Å²) >= 11 is 1.91. The molecule has 2 N–H and O–H groups in total. The molecule has 2 heterocycles. The average Bonchev–Trinajstić information content (AvgIpc) is 3.13. The first kappa shape index (κ1) is 15.7. The van der Waals surface area contributed by atoms with Crippen molar-refractivity contribution in [2.24, 2.45) is 0 Å². The number of rotatable bonds is 5. The highest BCUT2D eigenvalue weighted by atomic mass is 32.2. The monoisotopic (exact) mass is 322 g/mol. The molecule has 1 aromatic rings. The van der Waals surface area contributed by atoms with Crippen LogP contribution in [-0.4, -0.2) is 39.7 Å². The lowest BCUT2D eigenvalue weighted by Gasteiger charge is -2.13. The van der Waals surface area contributed by atoms with Crippen molar-refractivity contribution in [3.63, 3.8) is 0 Å². The molecule has 122 valence electrons. The third kappa shape index (κ3) is 3.97. The third-order valence-corrected chi connectivity index (χ3v) is 5.77. The molecule has 1 saturated carbocycles. The molecule has 2 amide bonds. The summed E-state index contributed by atoms with van der Waals surface area (Å²) in [4.78, 5) is 16.6. The van der Waals surface area contributed by atoms with E-state index in [9.17, 15) is 4.79 Å². The highest BCUT2D eigenvalue weighted by Crippen LogP contribution is 2.27. The van der Waals surface area contributed by atoms with Crippen LogP contribution in [0.5, 0.6) is 0 Å². The van der Waals surface area contributed by atoms with Gasteiger partial charge >= 0.3 is 6.03 Å². The molecule has 1 aliphatic carbocycles. The summed E-state index contributed by atoms with van der Waals surface area (Å²) in [5.74, 6) is 1.21. The fourth-order valence-corrected chi connectivity index (χ4v) is 4.21. The van der Waals surface area contributed by atoms with Crippen LogP contribution in [0, 0.1) is 0 Å². The van der Waals surface area contributed by atoms with Crippen molar-refractivity contribution in [3.8, 4) is 0 Å². The largest absolute Gasteiger partial charge is 0.338 e. The summed E-state index contributed by atoms with van der Waals surface area (Å²) in [6.45, 7) is 1.75. The van der Waals surface area contributed by atoms with Crippen molar-refractivity contribution in [2.75, 3.05) is 12.8 Å². The van der Waals surface area contributed by atoms with Gasteiger partial charge in [-0.25, -0.2) is 9.78 Å². The number of fused-ring (bicyclic) bond motifs is 1. The van der Waals surface area contributed by atoms with E-state index < -0.39 is 0 Å². The molecule has 0 spiro atoms. The second kappa shape index (κ2) is 7.40. The van der Waals surface area contributed by atoms with Crippen LogP contribution in [-0.2, 0) is 19.4 Å². The molecule has 2 atom stereocenters. The fraction of sp³-hybridized carbons (Fsp3) is 0.750. The predicted molar refractivity (Wildman–Crippen MR) is 90.3 cm³/mol. The Balaban J connectivity index is 1.37. The molecule has 6 heteroatoms. The normalized spacial score (nSPS) is 24.0. The number of nitrogens with one attached hydrogen (secondary N) is 2. The lowest BCUT2D eigenvalue weighted by atomic mass is 10.2. The van der Waals surface area contributed by atoms with E-state index in [0.717, 1.165) is 37.9 Å². The number of imidazole rings is 1. The molecule has 0 saturated heterocycles. The summed E-state index contributed by atoms with van der Waals surface area (Å²) in [7, 11) is 0. The molecule has 0 aromatic carbocycles. The van der Waals surface area contributed by atoms with Gasteiger partial charge in [-0.3, -0.25) is 0 Å². The molecular formula is C16H26N4OS. The van der Waals surface area contributed by atoms with Gasteiger partial charge in [-0.1, -0.05) is 0 Å². The molecule has 1 fully saturated rings. The summed E-state index contributed by atoms with van der Waals surface area (Å²) in [6, 6.07) is 0.313. The van der Waals surface area contributed by atoms with Gasteiger partial charge in [0.05, 0.1) is 5.69 Å². The van der Waals surface area contributed by atoms with E-state index in [1.807, 2.05) is 11.8 Å². The number of nitrogens with zero attached hydrogens (tertiary/aromatic N) is 2. The Morgan fingerprint density at radius 3 is 3.14 bits per heavy atom. The number of amides is 2. The van der Waals surface area contributed by atoms with Crippen molar-refractivity contribution in [1.82, 2.24) is 20.2 Å². The highest BCUT2D eigenvalue weighted by molar-refractivity contribution is 7.99. The summed E-state index contributed by atoms with van der Waals surface area (Å²) < 4.78 is 2.26. The first-order chi connectivity index (χ1) is 10.7. The molecule has 1 aliphatic heterocycles. The second-order valence-electron chi connectivity index (χ2n) is 6.32. The van der Waals surface area contributed by atoms with E-state index in [1.165, 1.54) is 25.1 Å². The number of carbonyl (C=O) groups excluding carboxylic acids is 1. The van der Waals surface area contributed by atoms with Crippen LogP contribution in [0.4, 0.5) is 4.79 Å². The van der Waals surface area contributed by atoms with Gasteiger partial charge in [0, 0.05) is 43.4 Å². The molecule has 22 heavy (non-hydrogen) atoms. The number of aromatic nitrogens is 2. The van der Waals surface area contributed by atoms with Crippen LogP contribution >= 0.6 is 11.8 Å². The lowest BCUT2D eigenvalue weighted by molar-refractivity contribution is 0.237. The molecule has 5 nitrogen and oxygen atoms in total. The van der Waals surface area contributed by atoms with Gasteiger partial charge in [0.2, 0.25) is 0 Å². The minimum absolute atomic E-state index is 0.0317. The van der Waals surface area contributed by atoms with Crippen LogP contribution in [0.2, 0.25) is 0 Å². The standard InChI is InChI=1S/C16H26N4OS/c1-22-14-6-5-12(10-14)19-16(21)17-8-7-13-11-20-9-3-2-4-15(20)18-13/h11-12,14H,2-10H2,1H3,(H2,17,19,21). The smallest absolute Gasteiger partial charge is 0.315 e. The topological polar surface area (TPSA) is 59.0 Å². The molecular weight excluding hydrogens is 296 g/mol. The van der Waals surface area contributed by atoms with E-state index >= 15 is 0 Å². The number of carbonyl (C=O) groups is 1. The lowest BCUT2D eigenvalue weighted by Crippen LogP contribution is -2.41. The molecule has 1 aromatic heterocycles. The molecule has 2 unspecified atom stereocenters. The maximum absolute atomic E-state index is 11.9. The molecule has 3 rings (SSSR count). The summed E-state index contributed by atoms with van der Waals surface area (Å²) in [5, 5.41) is 6.76. The van der Waals surface area contributed by atoms with Crippen LogP contribution in [0.25, 0.3) is 0 Å². The Kier molecular flexibility index (Phi) is 5.28. The van der Waals surface area contributed by atoms with Gasteiger partial charge in [-0.15, -0.1) is 0 Å². The van der Waals surface area contributed by atoms with E-state index in [-0.39, 0.29) is 6.03 Å². The van der Waals surface area contributed by atoms with Gasteiger partial charge in [-0.05, 0) is 38.4 Å². The van der Waals surface area contributed by atoms with E-state index in [0.29, 0.717) is 17.8 Å². The minimum Gasteiger partial charge on any atom is -0.338 e. The van der Waals surface area contributed by atoms with E-state index in [4.69, 9.17) is 0 Å². The minimum atomic E-state index is -0.0317. The zero-order chi connectivity index (χ0) is 15.4. The summed E-state index contributed by atoms with van der Waals surface area (Å²) in [6.07, 6.45) is 12.1. The van der Waals surface area contributed by atoms with Gasteiger partial charge in [0.25, 0.3) is 0 Å². The van der Waals surface area contributed by atoms with E-state index in [1.54, 1.807) is 0 Å². The highest BCUT2D eigenvalue weighted by Gasteiger charge is 2.24. The van der Waals surface area contributed by atoms with Crippen molar-refractivity contribution < 1.29 is 4.79 Å². The Morgan fingerprint density at radius 1 is 1.45 bits per heavy atom. The average molecular weight is 322 g/mol. The maximum atomic E-state index is 11.9. The summed E-state index contributed by atoms with van der Waals surface area (Å²) in [5.41, 5.74) is 1.10. The predicted octanol–water partition coefficient (Wildman–Crippen LogP) is 2.35. The SMILES string of the molecule is CSC1CCC(NC(=O)NCCc2cn3c(n2)CCCC3)C1. The third-order valence-electron chi connectivity index (χ3n) is 4.68. The Bertz CT molecular complexity index is 493. The van der Waals surface area contributed by atoms with Crippen LogP contribution in [0.1, 0.15) is 43.6 Å². The number of aryl methyl sites for hydroxylation is 2. The van der Waals surface area contributed by atoms with Gasteiger partial charge in [-0.2, -0.15) is 11.8 Å². The zero-order valence-corrected chi connectivity index (χ0v) is 14.1. The van der Waals surface area contributed by atoms with Gasteiger partial charge in [0.1, 0.15) is 5.82 Å². The van der Waals surface area contributed by atoms with Crippen LogP contribution in [0.3, 0.4) is 0 Å². The Labute approximate surface area is 136 Å². The van der Waals surface area contributed by atoms with Crippen molar-refractivity contribution >= 4 is 17.8 Å². The van der Waals surface area contributed by atoms with Gasteiger partial charge in [0.15, 0.2) is 0 Å². The number of urea groups is 1. The number of hydrogen-bond donors (Lipinski definition) is 2. The zero-order valence-electron chi connectivity index (χ0n) is 13.3. The van der Waals surface area contributed by atoms with E-state index in [2.05, 4.69) is 32.6 Å². The fourth-order valence-electron chi connectivity index (χ4n) is 3.42. The van der Waals surface area contributed by atoms with Gasteiger partial charge < -0.3 is 15.2 Å². The van der Waals surface area contributed by atoms with Crippen molar-refractivity contribution in [3.05, 3.63) is 17.7 Å². The second-order valence-corrected chi connectivity index (χ2v) is 7.45. The first-order valence-corrected chi connectivity index (χ1v) is 9.65. The first-order valence-electron chi connectivity index (χ1n) is 8.36.